The van der Waals surface area contributed by atoms with Crippen molar-refractivity contribution in [1.29, 1.82) is 0 Å². The van der Waals surface area contributed by atoms with Crippen LogP contribution in [0.25, 0.3) is 0 Å². The number of thioether (sulfide) groups is 1. The van der Waals surface area contributed by atoms with Crippen LogP contribution in [0.2, 0.25) is 0 Å². The molecular formula is C19H20FNOS. The fraction of sp³-hybridized carbons (Fsp3) is 0.316. The fourth-order valence-electron chi connectivity index (χ4n) is 3.06. The van der Waals surface area contributed by atoms with Crippen LogP contribution in [-0.4, -0.2) is 18.2 Å². The molecule has 23 heavy (non-hydrogen) atoms. The summed E-state index contributed by atoms with van der Waals surface area (Å²) in [6.45, 7) is 0.660. The van der Waals surface area contributed by atoms with Gasteiger partial charge >= 0.3 is 0 Å². The number of rotatable bonds is 5. The lowest BCUT2D eigenvalue weighted by Gasteiger charge is -2.25. The Morgan fingerprint density at radius 2 is 1.96 bits per heavy atom. The van der Waals surface area contributed by atoms with Crippen LogP contribution in [0.4, 0.5) is 4.39 Å². The number of halogens is 1. The molecule has 1 aliphatic rings. The van der Waals surface area contributed by atoms with E-state index in [-0.39, 0.29) is 17.5 Å². The third-order valence-electron chi connectivity index (χ3n) is 4.23. The summed E-state index contributed by atoms with van der Waals surface area (Å²) in [7, 11) is 0. The standard InChI is InChI=1S/C19H20FNOS/c20-17-10-3-4-11-18(17)23-13-19(22)21-12-15-8-5-7-14-6-1-2-9-16(14)15/h1-4,6,9-11,15H,5,7-8,12-13H2,(H,21,22). The summed E-state index contributed by atoms with van der Waals surface area (Å²) < 4.78 is 13.5. The van der Waals surface area contributed by atoms with Gasteiger partial charge in [0.05, 0.1) is 5.75 Å². The zero-order chi connectivity index (χ0) is 16.1. The highest BCUT2D eigenvalue weighted by Crippen LogP contribution is 2.30. The van der Waals surface area contributed by atoms with E-state index >= 15 is 0 Å². The monoisotopic (exact) mass is 329 g/mol. The molecule has 1 amide bonds. The van der Waals surface area contributed by atoms with Crippen LogP contribution < -0.4 is 5.32 Å². The molecular weight excluding hydrogens is 309 g/mol. The smallest absolute Gasteiger partial charge is 0.230 e. The molecule has 0 heterocycles. The molecule has 0 spiro atoms. The number of carbonyl (C=O) groups excluding carboxylic acids is 1. The number of nitrogens with one attached hydrogen (secondary N) is 1. The van der Waals surface area contributed by atoms with E-state index < -0.39 is 0 Å². The van der Waals surface area contributed by atoms with Crippen LogP contribution in [0.15, 0.2) is 53.4 Å². The van der Waals surface area contributed by atoms with E-state index in [1.807, 2.05) is 0 Å². The van der Waals surface area contributed by atoms with E-state index in [0.717, 1.165) is 12.8 Å². The third-order valence-corrected chi connectivity index (χ3v) is 5.28. The van der Waals surface area contributed by atoms with Gasteiger partial charge in [0, 0.05) is 17.4 Å². The van der Waals surface area contributed by atoms with Gasteiger partial charge in [0.1, 0.15) is 5.82 Å². The van der Waals surface area contributed by atoms with Gasteiger partial charge in [-0.25, -0.2) is 4.39 Å². The second-order valence-electron chi connectivity index (χ2n) is 5.81. The molecule has 0 saturated heterocycles. The minimum atomic E-state index is -0.272. The van der Waals surface area contributed by atoms with Gasteiger partial charge in [0.15, 0.2) is 0 Å². The molecule has 2 nitrogen and oxygen atoms in total. The number of hydrogen-bond donors (Lipinski definition) is 1. The highest BCUT2D eigenvalue weighted by Gasteiger charge is 2.20. The van der Waals surface area contributed by atoms with Crippen molar-refractivity contribution < 1.29 is 9.18 Å². The largest absolute Gasteiger partial charge is 0.355 e. The maximum atomic E-state index is 13.5. The van der Waals surface area contributed by atoms with E-state index in [9.17, 15) is 9.18 Å². The van der Waals surface area contributed by atoms with Gasteiger partial charge in [-0.1, -0.05) is 36.4 Å². The summed E-state index contributed by atoms with van der Waals surface area (Å²) in [4.78, 5) is 12.5. The first kappa shape index (κ1) is 16.1. The van der Waals surface area contributed by atoms with Gasteiger partial charge < -0.3 is 5.32 Å². The molecule has 1 N–H and O–H groups in total. The van der Waals surface area contributed by atoms with Crippen molar-refractivity contribution in [2.24, 2.45) is 0 Å². The molecule has 1 unspecified atom stereocenters. The summed E-state index contributed by atoms with van der Waals surface area (Å²) in [5, 5.41) is 3.00. The molecule has 0 aliphatic heterocycles. The molecule has 2 aromatic rings. The highest BCUT2D eigenvalue weighted by molar-refractivity contribution is 8.00. The Balaban J connectivity index is 1.51. The van der Waals surface area contributed by atoms with Crippen molar-refractivity contribution in [1.82, 2.24) is 5.32 Å². The highest BCUT2D eigenvalue weighted by atomic mass is 32.2. The predicted octanol–water partition coefficient (Wildman–Crippen LogP) is 4.15. The second-order valence-corrected chi connectivity index (χ2v) is 6.83. The Hall–Kier alpha value is -1.81. The number of aryl methyl sites for hydroxylation is 1. The molecule has 2 aromatic carbocycles. The number of amides is 1. The average Bonchev–Trinajstić information content (AvgIpc) is 2.59. The normalized spacial score (nSPS) is 16.7. The Morgan fingerprint density at radius 3 is 2.83 bits per heavy atom. The van der Waals surface area contributed by atoms with E-state index in [4.69, 9.17) is 0 Å². The van der Waals surface area contributed by atoms with Crippen molar-refractivity contribution in [3.05, 3.63) is 65.5 Å². The van der Waals surface area contributed by atoms with Gasteiger partial charge in [0.25, 0.3) is 0 Å². The fourth-order valence-corrected chi connectivity index (χ4v) is 3.83. The van der Waals surface area contributed by atoms with Crippen molar-refractivity contribution in [3.8, 4) is 0 Å². The van der Waals surface area contributed by atoms with Crippen molar-refractivity contribution in [3.63, 3.8) is 0 Å². The van der Waals surface area contributed by atoms with Crippen LogP contribution >= 0.6 is 11.8 Å². The van der Waals surface area contributed by atoms with Crippen LogP contribution in [0.1, 0.15) is 29.9 Å². The zero-order valence-electron chi connectivity index (χ0n) is 12.9. The van der Waals surface area contributed by atoms with Crippen LogP contribution in [0, 0.1) is 5.82 Å². The Labute approximate surface area is 140 Å². The number of hydrogen-bond acceptors (Lipinski definition) is 2. The molecule has 3 rings (SSSR count). The first-order valence-electron chi connectivity index (χ1n) is 7.96. The Kier molecular flexibility index (Phi) is 5.34. The molecule has 0 saturated carbocycles. The predicted molar refractivity (Wildman–Crippen MR) is 92.3 cm³/mol. The first-order valence-corrected chi connectivity index (χ1v) is 8.94. The Morgan fingerprint density at radius 1 is 1.17 bits per heavy atom. The van der Waals surface area contributed by atoms with E-state index in [1.54, 1.807) is 18.2 Å². The average molecular weight is 329 g/mol. The van der Waals surface area contributed by atoms with Gasteiger partial charge in [0.2, 0.25) is 5.91 Å². The van der Waals surface area contributed by atoms with E-state index in [1.165, 1.54) is 35.4 Å². The first-order chi connectivity index (χ1) is 11.2. The third kappa shape index (κ3) is 4.14. The summed E-state index contributed by atoms with van der Waals surface area (Å²) in [6.07, 6.45) is 3.41. The van der Waals surface area contributed by atoms with Gasteiger partial charge in [-0.3, -0.25) is 4.79 Å². The molecule has 120 valence electrons. The zero-order valence-corrected chi connectivity index (χ0v) is 13.7. The quantitative estimate of drug-likeness (QED) is 0.835. The van der Waals surface area contributed by atoms with Gasteiger partial charge in [-0.05, 0) is 42.5 Å². The summed E-state index contributed by atoms with van der Waals surface area (Å²) in [6, 6.07) is 15.0. The minimum absolute atomic E-state index is 0.0405. The molecule has 0 fully saturated rings. The van der Waals surface area contributed by atoms with Crippen LogP contribution in [0.3, 0.4) is 0 Å². The molecule has 0 aromatic heterocycles. The van der Waals surface area contributed by atoms with E-state index in [2.05, 4.69) is 29.6 Å². The van der Waals surface area contributed by atoms with E-state index in [0.29, 0.717) is 17.4 Å². The topological polar surface area (TPSA) is 29.1 Å². The minimum Gasteiger partial charge on any atom is -0.355 e. The number of fused-ring (bicyclic) bond motifs is 1. The van der Waals surface area contributed by atoms with Crippen LogP contribution in [-0.2, 0) is 11.2 Å². The number of carbonyl (C=O) groups is 1. The summed E-state index contributed by atoms with van der Waals surface area (Å²) >= 11 is 1.24. The van der Waals surface area contributed by atoms with Gasteiger partial charge in [-0.2, -0.15) is 0 Å². The molecule has 0 radical (unpaired) electrons. The van der Waals surface area contributed by atoms with Crippen LogP contribution in [0.5, 0.6) is 0 Å². The lowest BCUT2D eigenvalue weighted by atomic mass is 9.83. The van der Waals surface area contributed by atoms with Crippen molar-refractivity contribution in [2.75, 3.05) is 12.3 Å². The SMILES string of the molecule is O=C(CSc1ccccc1F)NCC1CCCc2ccccc21. The molecule has 1 atom stereocenters. The molecule has 0 bridgehead atoms. The van der Waals surface area contributed by atoms with Crippen molar-refractivity contribution >= 4 is 17.7 Å². The lowest BCUT2D eigenvalue weighted by molar-refractivity contribution is -0.118. The summed E-state index contributed by atoms with van der Waals surface area (Å²) in [5.41, 5.74) is 2.76. The maximum absolute atomic E-state index is 13.5. The molecule has 4 heteroatoms. The number of benzene rings is 2. The maximum Gasteiger partial charge on any atom is 0.230 e. The summed E-state index contributed by atoms with van der Waals surface area (Å²) in [5.74, 6) is 0.324. The van der Waals surface area contributed by atoms with Crippen molar-refractivity contribution in [2.45, 2.75) is 30.1 Å². The molecule has 1 aliphatic carbocycles. The second kappa shape index (κ2) is 7.64. The Bertz CT molecular complexity index is 689. The van der Waals surface area contributed by atoms with Gasteiger partial charge in [-0.15, -0.1) is 11.8 Å². The lowest BCUT2D eigenvalue weighted by Crippen LogP contribution is -2.31.